The second kappa shape index (κ2) is 6.87. The van der Waals surface area contributed by atoms with Crippen molar-refractivity contribution in [3.8, 4) is 0 Å². The highest BCUT2D eigenvalue weighted by Gasteiger charge is 2.20. The number of hydrogen-bond acceptors (Lipinski definition) is 2. The van der Waals surface area contributed by atoms with Gasteiger partial charge in [-0.15, -0.1) is 0 Å². The summed E-state index contributed by atoms with van der Waals surface area (Å²) in [6.45, 7) is 6.31. The van der Waals surface area contributed by atoms with E-state index in [0.29, 0.717) is 28.5 Å². The summed E-state index contributed by atoms with van der Waals surface area (Å²) in [5.74, 6) is -0.0359. The molecule has 0 saturated carbocycles. The molecular formula is C14H19ClN2OS. The predicted molar refractivity (Wildman–Crippen MR) is 83.8 cm³/mol. The maximum absolute atomic E-state index is 12.6. The van der Waals surface area contributed by atoms with Crippen LogP contribution in [0.4, 0.5) is 0 Å². The van der Waals surface area contributed by atoms with E-state index in [1.807, 2.05) is 20.8 Å². The second-order valence-corrected chi connectivity index (χ2v) is 5.65. The molecule has 1 amide bonds. The Labute approximate surface area is 124 Å². The SMILES string of the molecule is Cc1c(Cl)cccc1C(=O)N(CCC(N)=S)C(C)C. The zero-order chi connectivity index (χ0) is 14.6. The lowest BCUT2D eigenvalue weighted by atomic mass is 10.1. The van der Waals surface area contributed by atoms with Crippen molar-refractivity contribution in [1.29, 1.82) is 0 Å². The summed E-state index contributed by atoms with van der Waals surface area (Å²) in [6.07, 6.45) is 0.527. The Morgan fingerprint density at radius 1 is 1.47 bits per heavy atom. The van der Waals surface area contributed by atoms with Crippen LogP contribution >= 0.6 is 23.8 Å². The highest BCUT2D eigenvalue weighted by molar-refractivity contribution is 7.80. The molecule has 0 heterocycles. The van der Waals surface area contributed by atoms with E-state index in [2.05, 4.69) is 0 Å². The maximum atomic E-state index is 12.6. The van der Waals surface area contributed by atoms with E-state index in [0.717, 1.165) is 5.56 Å². The first-order valence-electron chi connectivity index (χ1n) is 6.19. The molecule has 0 saturated heterocycles. The fourth-order valence-electron chi connectivity index (χ4n) is 1.82. The highest BCUT2D eigenvalue weighted by atomic mass is 35.5. The number of thiocarbonyl (C=S) groups is 1. The van der Waals surface area contributed by atoms with Gasteiger partial charge in [-0.25, -0.2) is 0 Å². The minimum Gasteiger partial charge on any atom is -0.393 e. The van der Waals surface area contributed by atoms with Gasteiger partial charge in [0.25, 0.3) is 5.91 Å². The molecule has 0 fully saturated rings. The molecule has 0 aliphatic heterocycles. The van der Waals surface area contributed by atoms with Crippen LogP contribution in [0.15, 0.2) is 18.2 Å². The third-order valence-electron chi connectivity index (χ3n) is 2.98. The zero-order valence-corrected chi connectivity index (χ0v) is 13.0. The third kappa shape index (κ3) is 4.18. The van der Waals surface area contributed by atoms with Crippen LogP contribution in [-0.2, 0) is 0 Å². The van der Waals surface area contributed by atoms with E-state index in [-0.39, 0.29) is 11.9 Å². The molecule has 0 radical (unpaired) electrons. The van der Waals surface area contributed by atoms with Gasteiger partial charge in [-0.1, -0.05) is 29.9 Å². The van der Waals surface area contributed by atoms with Crippen LogP contribution in [0.5, 0.6) is 0 Å². The molecule has 0 atom stereocenters. The molecule has 5 heteroatoms. The van der Waals surface area contributed by atoms with Gasteiger partial charge in [0.2, 0.25) is 0 Å². The van der Waals surface area contributed by atoms with E-state index >= 15 is 0 Å². The summed E-state index contributed by atoms with van der Waals surface area (Å²) >= 11 is 10.9. The van der Waals surface area contributed by atoms with Gasteiger partial charge in [0.05, 0.1) is 4.99 Å². The molecule has 1 aromatic carbocycles. The number of halogens is 1. The van der Waals surface area contributed by atoms with Crippen LogP contribution in [0.1, 0.15) is 36.2 Å². The van der Waals surface area contributed by atoms with E-state index in [1.165, 1.54) is 0 Å². The maximum Gasteiger partial charge on any atom is 0.254 e. The van der Waals surface area contributed by atoms with E-state index in [4.69, 9.17) is 29.6 Å². The standard InChI is InChI=1S/C14H19ClN2OS/c1-9(2)17(8-7-13(16)19)14(18)11-5-4-6-12(15)10(11)3/h4-6,9H,7-8H2,1-3H3,(H2,16,19). The second-order valence-electron chi connectivity index (χ2n) is 4.72. The summed E-state index contributed by atoms with van der Waals surface area (Å²) in [5, 5.41) is 0.601. The molecule has 0 unspecified atom stereocenters. The zero-order valence-electron chi connectivity index (χ0n) is 11.4. The molecule has 2 N–H and O–H groups in total. The van der Waals surface area contributed by atoms with Crippen LogP contribution in [0, 0.1) is 6.92 Å². The number of hydrogen-bond donors (Lipinski definition) is 1. The number of amides is 1. The van der Waals surface area contributed by atoms with Crippen molar-refractivity contribution in [2.45, 2.75) is 33.2 Å². The minimum absolute atomic E-state index is 0.0359. The lowest BCUT2D eigenvalue weighted by Crippen LogP contribution is -2.39. The Bertz CT molecular complexity index is 488. The Balaban J connectivity index is 2.99. The summed E-state index contributed by atoms with van der Waals surface area (Å²) in [7, 11) is 0. The molecule has 1 rings (SSSR count). The fourth-order valence-corrected chi connectivity index (χ4v) is 2.08. The molecule has 0 bridgehead atoms. The quantitative estimate of drug-likeness (QED) is 0.849. The van der Waals surface area contributed by atoms with Crippen molar-refractivity contribution in [3.63, 3.8) is 0 Å². The van der Waals surface area contributed by atoms with E-state index in [9.17, 15) is 4.79 Å². The molecule has 104 valence electrons. The fraction of sp³-hybridized carbons (Fsp3) is 0.429. The lowest BCUT2D eigenvalue weighted by molar-refractivity contribution is 0.0711. The molecule has 1 aromatic rings. The Morgan fingerprint density at radius 3 is 2.63 bits per heavy atom. The molecule has 19 heavy (non-hydrogen) atoms. The average molecular weight is 299 g/mol. The van der Waals surface area contributed by atoms with Crippen molar-refractivity contribution < 1.29 is 4.79 Å². The van der Waals surface area contributed by atoms with Crippen LogP contribution in [0.25, 0.3) is 0 Å². The molecular weight excluding hydrogens is 280 g/mol. The smallest absolute Gasteiger partial charge is 0.254 e. The number of carbonyl (C=O) groups excluding carboxylic acids is 1. The number of nitrogens with two attached hydrogens (primary N) is 1. The van der Waals surface area contributed by atoms with Gasteiger partial charge < -0.3 is 10.6 Å². The third-order valence-corrected chi connectivity index (χ3v) is 3.60. The Kier molecular flexibility index (Phi) is 5.76. The summed E-state index contributed by atoms with van der Waals surface area (Å²) in [6, 6.07) is 5.44. The molecule has 0 aromatic heterocycles. The first kappa shape index (κ1) is 15.9. The summed E-state index contributed by atoms with van der Waals surface area (Å²) in [5.41, 5.74) is 6.94. The van der Waals surface area contributed by atoms with Crippen LogP contribution in [0.3, 0.4) is 0 Å². The van der Waals surface area contributed by atoms with Gasteiger partial charge in [0, 0.05) is 29.6 Å². The number of carbonyl (C=O) groups is 1. The topological polar surface area (TPSA) is 46.3 Å². The lowest BCUT2D eigenvalue weighted by Gasteiger charge is -2.27. The highest BCUT2D eigenvalue weighted by Crippen LogP contribution is 2.21. The van der Waals surface area contributed by atoms with Crippen molar-refractivity contribution in [3.05, 3.63) is 34.3 Å². The van der Waals surface area contributed by atoms with E-state index in [1.54, 1.807) is 23.1 Å². The van der Waals surface area contributed by atoms with Crippen LogP contribution in [-0.4, -0.2) is 28.4 Å². The summed E-state index contributed by atoms with van der Waals surface area (Å²) in [4.78, 5) is 14.7. The molecule has 0 spiro atoms. The minimum atomic E-state index is -0.0359. The number of rotatable bonds is 5. The van der Waals surface area contributed by atoms with Crippen LogP contribution in [0.2, 0.25) is 5.02 Å². The Hall–Kier alpha value is -1.13. The normalized spacial score (nSPS) is 10.6. The molecule has 0 aliphatic rings. The van der Waals surface area contributed by atoms with Gasteiger partial charge in [0.15, 0.2) is 0 Å². The van der Waals surface area contributed by atoms with Gasteiger partial charge >= 0.3 is 0 Å². The van der Waals surface area contributed by atoms with Gasteiger partial charge in [0.1, 0.15) is 0 Å². The first-order chi connectivity index (χ1) is 8.84. The summed E-state index contributed by atoms with van der Waals surface area (Å²) < 4.78 is 0. The molecule has 0 aliphatic carbocycles. The Morgan fingerprint density at radius 2 is 2.11 bits per heavy atom. The van der Waals surface area contributed by atoms with Gasteiger partial charge in [-0.2, -0.15) is 0 Å². The van der Waals surface area contributed by atoms with Gasteiger partial charge in [-0.05, 0) is 38.5 Å². The molecule has 3 nitrogen and oxygen atoms in total. The monoisotopic (exact) mass is 298 g/mol. The number of benzene rings is 1. The van der Waals surface area contributed by atoms with Crippen molar-refractivity contribution >= 4 is 34.7 Å². The van der Waals surface area contributed by atoms with Crippen LogP contribution < -0.4 is 5.73 Å². The largest absolute Gasteiger partial charge is 0.393 e. The predicted octanol–water partition coefficient (Wildman–Crippen LogP) is 3.18. The van der Waals surface area contributed by atoms with Crippen molar-refractivity contribution in [2.75, 3.05) is 6.54 Å². The van der Waals surface area contributed by atoms with Crippen molar-refractivity contribution in [2.24, 2.45) is 5.73 Å². The van der Waals surface area contributed by atoms with Gasteiger partial charge in [-0.3, -0.25) is 4.79 Å². The number of nitrogens with zero attached hydrogens (tertiary/aromatic N) is 1. The first-order valence-corrected chi connectivity index (χ1v) is 6.97. The van der Waals surface area contributed by atoms with Crippen molar-refractivity contribution in [1.82, 2.24) is 4.90 Å². The average Bonchev–Trinajstić information content (AvgIpc) is 2.31. The van der Waals surface area contributed by atoms with E-state index < -0.39 is 0 Å².